The number of likely N-dealkylation sites (N-methyl/N-ethyl adjacent to an activating group) is 1. The number of carbonyl (C=O) groups is 2. The van der Waals surface area contributed by atoms with Crippen molar-refractivity contribution in [3.8, 4) is 0 Å². The van der Waals surface area contributed by atoms with E-state index in [1.54, 1.807) is 36.4 Å². The van der Waals surface area contributed by atoms with Gasteiger partial charge in [-0.3, -0.25) is 19.7 Å². The molecule has 0 heterocycles. The number of nitro groups is 1. The number of carbonyl (C=O) groups excluding carboxylic acids is 2. The molecule has 0 saturated heterocycles. The summed E-state index contributed by atoms with van der Waals surface area (Å²) in [5.41, 5.74) is 0.758. The van der Waals surface area contributed by atoms with Gasteiger partial charge in [0.2, 0.25) is 0 Å². The molecule has 0 aliphatic heterocycles. The molecular formula is C22H26N4O4. The van der Waals surface area contributed by atoms with E-state index in [2.05, 4.69) is 15.5 Å². The van der Waals surface area contributed by atoms with E-state index in [1.807, 2.05) is 13.8 Å². The first-order chi connectivity index (χ1) is 14.4. The van der Waals surface area contributed by atoms with Crippen LogP contribution >= 0.6 is 0 Å². The van der Waals surface area contributed by atoms with E-state index in [0.29, 0.717) is 24.2 Å². The van der Waals surface area contributed by atoms with Crippen LogP contribution < -0.4 is 10.6 Å². The van der Waals surface area contributed by atoms with Gasteiger partial charge in [-0.2, -0.15) is 0 Å². The van der Waals surface area contributed by atoms with E-state index in [0.717, 1.165) is 13.1 Å². The SMILES string of the molecule is CCN(CC)CCNC(=O)/C(=C/c1cccc([N+](=O)[O-])c1)NC(=O)c1ccccc1. The summed E-state index contributed by atoms with van der Waals surface area (Å²) in [6.45, 7) is 6.91. The van der Waals surface area contributed by atoms with Crippen molar-refractivity contribution in [1.82, 2.24) is 15.5 Å². The fourth-order valence-corrected chi connectivity index (χ4v) is 2.80. The van der Waals surface area contributed by atoms with Gasteiger partial charge in [0.1, 0.15) is 5.70 Å². The van der Waals surface area contributed by atoms with Crippen LogP contribution in [0.3, 0.4) is 0 Å². The van der Waals surface area contributed by atoms with Crippen LogP contribution in [-0.4, -0.2) is 47.8 Å². The number of benzene rings is 2. The largest absolute Gasteiger partial charge is 0.349 e. The second-order valence-electron chi connectivity index (χ2n) is 6.51. The van der Waals surface area contributed by atoms with Gasteiger partial charge in [0.05, 0.1) is 4.92 Å². The molecule has 2 amide bonds. The van der Waals surface area contributed by atoms with E-state index in [4.69, 9.17) is 0 Å². The average Bonchev–Trinajstić information content (AvgIpc) is 2.76. The van der Waals surface area contributed by atoms with Gasteiger partial charge >= 0.3 is 0 Å². The fraction of sp³-hybridized carbons (Fsp3) is 0.273. The molecule has 2 aromatic rings. The third-order valence-corrected chi connectivity index (χ3v) is 4.53. The lowest BCUT2D eigenvalue weighted by Gasteiger charge is -2.18. The normalized spacial score (nSPS) is 11.2. The predicted octanol–water partition coefficient (Wildman–Crippen LogP) is 2.82. The minimum absolute atomic E-state index is 0.0175. The monoisotopic (exact) mass is 410 g/mol. The molecule has 8 heteroatoms. The zero-order valence-electron chi connectivity index (χ0n) is 17.1. The van der Waals surface area contributed by atoms with E-state index in [1.165, 1.54) is 24.3 Å². The van der Waals surface area contributed by atoms with Gasteiger partial charge in [-0.05, 0) is 36.9 Å². The van der Waals surface area contributed by atoms with E-state index in [9.17, 15) is 19.7 Å². The number of hydrogen-bond acceptors (Lipinski definition) is 5. The zero-order chi connectivity index (χ0) is 21.9. The van der Waals surface area contributed by atoms with Gasteiger partial charge in [-0.25, -0.2) is 0 Å². The van der Waals surface area contributed by atoms with Gasteiger partial charge in [-0.1, -0.05) is 44.2 Å². The molecule has 0 radical (unpaired) electrons. The number of rotatable bonds is 10. The maximum atomic E-state index is 12.7. The van der Waals surface area contributed by atoms with Crippen LogP contribution in [0.15, 0.2) is 60.3 Å². The van der Waals surface area contributed by atoms with Gasteiger partial charge in [0.25, 0.3) is 17.5 Å². The molecule has 8 nitrogen and oxygen atoms in total. The lowest BCUT2D eigenvalue weighted by Crippen LogP contribution is -2.39. The summed E-state index contributed by atoms with van der Waals surface area (Å²) < 4.78 is 0. The van der Waals surface area contributed by atoms with Crippen molar-refractivity contribution in [2.75, 3.05) is 26.2 Å². The highest BCUT2D eigenvalue weighted by Gasteiger charge is 2.15. The first-order valence-electron chi connectivity index (χ1n) is 9.77. The molecule has 0 unspecified atom stereocenters. The molecule has 0 spiro atoms. The Morgan fingerprint density at radius 2 is 1.77 bits per heavy atom. The van der Waals surface area contributed by atoms with Crippen LogP contribution in [0.4, 0.5) is 5.69 Å². The molecule has 30 heavy (non-hydrogen) atoms. The second kappa shape index (κ2) is 11.5. The maximum Gasteiger partial charge on any atom is 0.270 e. The van der Waals surface area contributed by atoms with Crippen LogP contribution in [0.5, 0.6) is 0 Å². The molecule has 2 aromatic carbocycles. The van der Waals surface area contributed by atoms with Crippen molar-refractivity contribution >= 4 is 23.6 Å². The predicted molar refractivity (Wildman–Crippen MR) is 116 cm³/mol. The number of nitro benzene ring substituents is 1. The Kier molecular flexibility index (Phi) is 8.71. The summed E-state index contributed by atoms with van der Waals surface area (Å²) >= 11 is 0. The zero-order valence-corrected chi connectivity index (χ0v) is 17.1. The maximum absolute atomic E-state index is 12.7. The summed E-state index contributed by atoms with van der Waals surface area (Å²) in [5, 5.41) is 16.5. The van der Waals surface area contributed by atoms with Gasteiger partial charge < -0.3 is 15.5 Å². The van der Waals surface area contributed by atoms with Crippen LogP contribution in [0.25, 0.3) is 6.08 Å². The van der Waals surface area contributed by atoms with Crippen molar-refractivity contribution in [3.05, 3.63) is 81.5 Å². The Bertz CT molecular complexity index is 908. The van der Waals surface area contributed by atoms with Gasteiger partial charge in [0, 0.05) is 30.8 Å². The van der Waals surface area contributed by atoms with Crippen LogP contribution in [-0.2, 0) is 4.79 Å². The second-order valence-corrected chi connectivity index (χ2v) is 6.51. The van der Waals surface area contributed by atoms with E-state index < -0.39 is 16.7 Å². The minimum atomic E-state index is -0.510. The first-order valence-corrected chi connectivity index (χ1v) is 9.77. The molecule has 0 bridgehead atoms. The number of hydrogen-bond donors (Lipinski definition) is 2. The Morgan fingerprint density at radius 1 is 1.07 bits per heavy atom. The Hall–Kier alpha value is -3.52. The lowest BCUT2D eigenvalue weighted by molar-refractivity contribution is -0.384. The highest BCUT2D eigenvalue weighted by atomic mass is 16.6. The van der Waals surface area contributed by atoms with E-state index in [-0.39, 0.29) is 11.4 Å². The highest BCUT2D eigenvalue weighted by molar-refractivity contribution is 6.05. The van der Waals surface area contributed by atoms with Crippen molar-refractivity contribution in [3.63, 3.8) is 0 Å². The van der Waals surface area contributed by atoms with E-state index >= 15 is 0 Å². The van der Waals surface area contributed by atoms with Crippen molar-refractivity contribution in [2.45, 2.75) is 13.8 Å². The lowest BCUT2D eigenvalue weighted by atomic mass is 10.1. The summed E-state index contributed by atoms with van der Waals surface area (Å²) in [7, 11) is 0. The van der Waals surface area contributed by atoms with Gasteiger partial charge in [0.15, 0.2) is 0 Å². The molecular weight excluding hydrogens is 384 g/mol. The molecule has 2 N–H and O–H groups in total. The van der Waals surface area contributed by atoms with Gasteiger partial charge in [-0.15, -0.1) is 0 Å². The first kappa shape index (κ1) is 22.8. The Labute approximate surface area is 175 Å². The van der Waals surface area contributed by atoms with Crippen molar-refractivity contribution in [1.29, 1.82) is 0 Å². The van der Waals surface area contributed by atoms with Crippen LogP contribution in [0.2, 0.25) is 0 Å². The fourth-order valence-electron chi connectivity index (χ4n) is 2.80. The smallest absolute Gasteiger partial charge is 0.270 e. The quantitative estimate of drug-likeness (QED) is 0.356. The number of nitrogens with zero attached hydrogens (tertiary/aromatic N) is 2. The number of non-ortho nitro benzene ring substituents is 1. The third-order valence-electron chi connectivity index (χ3n) is 4.53. The van der Waals surface area contributed by atoms with Crippen molar-refractivity contribution < 1.29 is 14.5 Å². The van der Waals surface area contributed by atoms with Crippen LogP contribution in [0, 0.1) is 10.1 Å². The van der Waals surface area contributed by atoms with Crippen molar-refractivity contribution in [2.24, 2.45) is 0 Å². The molecule has 2 rings (SSSR count). The molecule has 0 aliphatic carbocycles. The minimum Gasteiger partial charge on any atom is -0.349 e. The summed E-state index contributed by atoms with van der Waals surface area (Å²) in [6.07, 6.45) is 1.43. The standard InChI is InChI=1S/C22H26N4O4/c1-3-25(4-2)14-13-23-22(28)20(24-21(27)18-10-6-5-7-11-18)16-17-9-8-12-19(15-17)26(29)30/h5-12,15-16H,3-4,13-14H2,1-2H3,(H,23,28)(H,24,27)/b20-16-. The molecule has 0 atom stereocenters. The summed E-state index contributed by atoms with van der Waals surface area (Å²) in [6, 6.07) is 14.4. The third kappa shape index (κ3) is 6.82. The number of amides is 2. The Morgan fingerprint density at radius 3 is 2.40 bits per heavy atom. The molecule has 0 aliphatic rings. The average molecular weight is 410 g/mol. The number of nitrogens with one attached hydrogen (secondary N) is 2. The topological polar surface area (TPSA) is 105 Å². The highest BCUT2D eigenvalue weighted by Crippen LogP contribution is 2.15. The molecule has 0 aromatic heterocycles. The molecule has 0 fully saturated rings. The molecule has 158 valence electrons. The molecule has 0 saturated carbocycles. The Balaban J connectivity index is 2.23. The summed E-state index contributed by atoms with van der Waals surface area (Å²) in [4.78, 5) is 38.0. The summed E-state index contributed by atoms with van der Waals surface area (Å²) in [5.74, 6) is -0.899. The van der Waals surface area contributed by atoms with Crippen LogP contribution in [0.1, 0.15) is 29.8 Å².